The molecule has 62 valence electrons. The summed E-state index contributed by atoms with van der Waals surface area (Å²) in [5, 5.41) is 0. The van der Waals surface area contributed by atoms with Gasteiger partial charge in [0.1, 0.15) is 0 Å². The van der Waals surface area contributed by atoms with E-state index in [0.717, 1.165) is 13.0 Å². The van der Waals surface area contributed by atoms with E-state index in [9.17, 15) is 0 Å². The van der Waals surface area contributed by atoms with Crippen molar-refractivity contribution in [1.82, 2.24) is 0 Å². The van der Waals surface area contributed by atoms with Gasteiger partial charge in [0.2, 0.25) is 0 Å². The highest BCUT2D eigenvalue weighted by atomic mass is 16.5. The van der Waals surface area contributed by atoms with Gasteiger partial charge in [0.25, 0.3) is 0 Å². The zero-order valence-electron chi connectivity index (χ0n) is 7.39. The fraction of sp³-hybridized carbons (Fsp3) is 0.800. The van der Waals surface area contributed by atoms with Crippen LogP contribution >= 0.6 is 0 Å². The lowest BCUT2D eigenvalue weighted by molar-refractivity contribution is 0.0841. The van der Waals surface area contributed by atoms with Crippen molar-refractivity contribution in [3.63, 3.8) is 0 Å². The summed E-state index contributed by atoms with van der Waals surface area (Å²) in [7, 11) is 0. The average Bonchev–Trinajstić information content (AvgIpc) is 2.39. The molecule has 1 atom stereocenters. The van der Waals surface area contributed by atoms with Crippen molar-refractivity contribution in [2.45, 2.75) is 39.2 Å². The summed E-state index contributed by atoms with van der Waals surface area (Å²) in [6.45, 7) is 5.11. The Balaban J connectivity index is 2.35. The van der Waals surface area contributed by atoms with Crippen molar-refractivity contribution in [3.8, 4) is 12.3 Å². The standard InChI is InChI=1S/C10H16O/c1-4-10(2,3)8-9-6-5-7-11-9/h1,9H,5-8H2,2-3H3. The smallest absolute Gasteiger partial charge is 0.0590 e. The van der Waals surface area contributed by atoms with Gasteiger partial charge >= 0.3 is 0 Å². The van der Waals surface area contributed by atoms with Gasteiger partial charge < -0.3 is 4.74 Å². The van der Waals surface area contributed by atoms with Gasteiger partial charge in [0.05, 0.1) is 6.10 Å². The Morgan fingerprint density at radius 1 is 1.64 bits per heavy atom. The molecule has 1 fully saturated rings. The number of hydrogen-bond donors (Lipinski definition) is 0. The van der Waals surface area contributed by atoms with Crippen LogP contribution in [0.5, 0.6) is 0 Å². The molecule has 1 saturated heterocycles. The van der Waals surface area contributed by atoms with Gasteiger partial charge in [-0.05, 0) is 33.1 Å². The van der Waals surface area contributed by atoms with E-state index in [-0.39, 0.29) is 5.41 Å². The van der Waals surface area contributed by atoms with Crippen molar-refractivity contribution < 1.29 is 4.74 Å². The van der Waals surface area contributed by atoms with Crippen molar-refractivity contribution in [2.24, 2.45) is 5.41 Å². The summed E-state index contributed by atoms with van der Waals surface area (Å²) in [5.74, 6) is 2.79. The minimum absolute atomic E-state index is 0.00894. The number of rotatable bonds is 2. The van der Waals surface area contributed by atoms with E-state index in [2.05, 4.69) is 19.8 Å². The highest BCUT2D eigenvalue weighted by Crippen LogP contribution is 2.27. The van der Waals surface area contributed by atoms with E-state index in [1.165, 1.54) is 12.8 Å². The SMILES string of the molecule is C#CC(C)(C)CC1CCCO1. The van der Waals surface area contributed by atoms with Gasteiger partial charge in [0, 0.05) is 12.0 Å². The van der Waals surface area contributed by atoms with E-state index in [1.807, 2.05) is 0 Å². The van der Waals surface area contributed by atoms with Crippen LogP contribution in [0.1, 0.15) is 33.1 Å². The molecule has 1 heteroatoms. The van der Waals surface area contributed by atoms with Gasteiger partial charge in [-0.15, -0.1) is 12.3 Å². The Bertz CT molecular complexity index is 158. The number of ether oxygens (including phenoxy) is 1. The van der Waals surface area contributed by atoms with E-state index in [0.29, 0.717) is 6.10 Å². The fourth-order valence-corrected chi connectivity index (χ4v) is 1.43. The van der Waals surface area contributed by atoms with E-state index in [1.54, 1.807) is 0 Å². The molecule has 1 unspecified atom stereocenters. The van der Waals surface area contributed by atoms with Crippen LogP contribution in [0.4, 0.5) is 0 Å². The largest absolute Gasteiger partial charge is 0.378 e. The number of terminal acetylenes is 1. The van der Waals surface area contributed by atoms with E-state index >= 15 is 0 Å². The minimum atomic E-state index is 0.00894. The summed E-state index contributed by atoms with van der Waals surface area (Å²) in [4.78, 5) is 0. The normalized spacial score (nSPS) is 25.0. The third-order valence-electron chi connectivity index (χ3n) is 2.15. The van der Waals surface area contributed by atoms with Crippen LogP contribution in [0.3, 0.4) is 0 Å². The van der Waals surface area contributed by atoms with Gasteiger partial charge in [0.15, 0.2) is 0 Å². The summed E-state index contributed by atoms with van der Waals surface area (Å²) in [6.07, 6.45) is 9.19. The molecule has 1 heterocycles. The van der Waals surface area contributed by atoms with Crippen molar-refractivity contribution >= 4 is 0 Å². The average molecular weight is 152 g/mol. The molecule has 0 amide bonds. The Morgan fingerprint density at radius 2 is 2.36 bits per heavy atom. The maximum atomic E-state index is 5.50. The molecule has 0 aromatic heterocycles. The molecular weight excluding hydrogens is 136 g/mol. The predicted octanol–water partition coefficient (Wildman–Crippen LogP) is 2.21. The maximum Gasteiger partial charge on any atom is 0.0590 e. The molecule has 0 saturated carbocycles. The summed E-state index contributed by atoms with van der Waals surface area (Å²) < 4.78 is 5.50. The first-order valence-corrected chi connectivity index (χ1v) is 4.23. The zero-order chi connectivity index (χ0) is 8.32. The molecule has 0 aliphatic carbocycles. The lowest BCUT2D eigenvalue weighted by Gasteiger charge is -2.21. The first-order chi connectivity index (χ1) is 5.14. The molecule has 0 aromatic carbocycles. The van der Waals surface area contributed by atoms with Crippen LogP contribution in [0.2, 0.25) is 0 Å². The van der Waals surface area contributed by atoms with Crippen molar-refractivity contribution in [1.29, 1.82) is 0 Å². The van der Waals surface area contributed by atoms with Gasteiger partial charge in [-0.3, -0.25) is 0 Å². The first kappa shape index (κ1) is 8.62. The predicted molar refractivity (Wildman–Crippen MR) is 46.2 cm³/mol. The van der Waals surface area contributed by atoms with Gasteiger partial charge in [-0.2, -0.15) is 0 Å². The van der Waals surface area contributed by atoms with Gasteiger partial charge in [-0.25, -0.2) is 0 Å². The van der Waals surface area contributed by atoms with Crippen LogP contribution < -0.4 is 0 Å². The molecule has 0 N–H and O–H groups in total. The fourth-order valence-electron chi connectivity index (χ4n) is 1.43. The topological polar surface area (TPSA) is 9.23 Å². The van der Waals surface area contributed by atoms with E-state index < -0.39 is 0 Å². The minimum Gasteiger partial charge on any atom is -0.378 e. The van der Waals surface area contributed by atoms with Crippen molar-refractivity contribution in [3.05, 3.63) is 0 Å². The molecule has 1 rings (SSSR count). The molecule has 0 bridgehead atoms. The highest BCUT2D eigenvalue weighted by molar-refractivity contribution is 5.01. The van der Waals surface area contributed by atoms with Crippen LogP contribution in [0.25, 0.3) is 0 Å². The molecule has 0 radical (unpaired) electrons. The highest BCUT2D eigenvalue weighted by Gasteiger charge is 2.24. The summed E-state index contributed by atoms with van der Waals surface area (Å²) in [5.41, 5.74) is 0.00894. The molecule has 1 nitrogen and oxygen atoms in total. The molecule has 0 aromatic rings. The van der Waals surface area contributed by atoms with Crippen LogP contribution in [0, 0.1) is 17.8 Å². The van der Waals surface area contributed by atoms with E-state index in [4.69, 9.17) is 11.2 Å². The molecule has 1 aliphatic rings. The van der Waals surface area contributed by atoms with Crippen LogP contribution in [-0.4, -0.2) is 12.7 Å². The second-order valence-corrected chi connectivity index (χ2v) is 3.87. The molecule has 0 spiro atoms. The van der Waals surface area contributed by atoms with Gasteiger partial charge in [-0.1, -0.05) is 0 Å². The van der Waals surface area contributed by atoms with Crippen molar-refractivity contribution in [2.75, 3.05) is 6.61 Å². The Hall–Kier alpha value is -0.480. The Morgan fingerprint density at radius 3 is 2.82 bits per heavy atom. The maximum absolute atomic E-state index is 5.50. The lowest BCUT2D eigenvalue weighted by atomic mass is 9.87. The zero-order valence-corrected chi connectivity index (χ0v) is 7.39. The quantitative estimate of drug-likeness (QED) is 0.551. The number of hydrogen-bond acceptors (Lipinski definition) is 1. The summed E-state index contributed by atoms with van der Waals surface area (Å²) >= 11 is 0. The second-order valence-electron chi connectivity index (χ2n) is 3.87. The monoisotopic (exact) mass is 152 g/mol. The lowest BCUT2D eigenvalue weighted by Crippen LogP contribution is -2.18. The third-order valence-corrected chi connectivity index (χ3v) is 2.15. The third kappa shape index (κ3) is 2.55. The molecule has 1 aliphatic heterocycles. The molecular formula is C10H16O. The van der Waals surface area contributed by atoms with Crippen LogP contribution in [0.15, 0.2) is 0 Å². The Kier molecular flexibility index (Phi) is 2.57. The first-order valence-electron chi connectivity index (χ1n) is 4.23. The molecule has 11 heavy (non-hydrogen) atoms. The second kappa shape index (κ2) is 3.28. The summed E-state index contributed by atoms with van der Waals surface area (Å²) in [6, 6.07) is 0. The van der Waals surface area contributed by atoms with Crippen LogP contribution in [-0.2, 0) is 4.74 Å². The Labute approximate surface area is 69.1 Å².